The smallest absolute Gasteiger partial charge is 0.0324 e. The molecule has 20 heavy (non-hydrogen) atoms. The molecule has 0 spiro atoms. The van der Waals surface area contributed by atoms with Gasteiger partial charge in [-0.2, -0.15) is 0 Å². The predicted octanol–water partition coefficient (Wildman–Crippen LogP) is 7.57. The molecule has 0 saturated heterocycles. The van der Waals surface area contributed by atoms with Gasteiger partial charge in [0.25, 0.3) is 0 Å². The summed E-state index contributed by atoms with van der Waals surface area (Å²) in [7, 11) is 0. The number of rotatable bonds is 15. The second-order valence-electron chi connectivity index (χ2n) is 6.61. The van der Waals surface area contributed by atoms with Gasteiger partial charge < -0.3 is 0 Å². The van der Waals surface area contributed by atoms with Crippen molar-refractivity contribution in [3.05, 3.63) is 6.42 Å². The topological polar surface area (TPSA) is 0 Å². The van der Waals surface area contributed by atoms with Crippen LogP contribution in [-0.2, 0) is 0 Å². The predicted molar refractivity (Wildman–Crippen MR) is 94.0 cm³/mol. The van der Waals surface area contributed by atoms with Crippen molar-refractivity contribution in [3.63, 3.8) is 0 Å². The Morgan fingerprint density at radius 2 is 1.15 bits per heavy atom. The number of unbranched alkanes of at least 4 members (excludes halogenated alkanes) is 6. The third-order valence-corrected chi connectivity index (χ3v) is 4.59. The minimum Gasteiger partial charge on any atom is -0.0654 e. The normalized spacial score (nSPS) is 14.4. The number of hydrogen-bond acceptors (Lipinski definition) is 0. The first kappa shape index (κ1) is 20.0. The SMILES string of the molecule is CCCCCCCCC([CH]C(CCC)CCCC)CC. The Labute approximate surface area is 130 Å². The van der Waals surface area contributed by atoms with Crippen molar-refractivity contribution in [1.29, 1.82) is 0 Å². The Morgan fingerprint density at radius 3 is 1.75 bits per heavy atom. The van der Waals surface area contributed by atoms with E-state index in [0.29, 0.717) is 0 Å². The van der Waals surface area contributed by atoms with E-state index in [1.54, 1.807) is 0 Å². The lowest BCUT2D eigenvalue weighted by Crippen LogP contribution is -2.10. The Bertz CT molecular complexity index is 173. The summed E-state index contributed by atoms with van der Waals surface area (Å²) >= 11 is 0. The van der Waals surface area contributed by atoms with Crippen LogP contribution in [0.1, 0.15) is 111 Å². The van der Waals surface area contributed by atoms with E-state index >= 15 is 0 Å². The van der Waals surface area contributed by atoms with Crippen LogP contribution in [0.5, 0.6) is 0 Å². The maximum Gasteiger partial charge on any atom is -0.0324 e. The van der Waals surface area contributed by atoms with Gasteiger partial charge in [-0.3, -0.25) is 0 Å². The van der Waals surface area contributed by atoms with Gasteiger partial charge in [0.15, 0.2) is 0 Å². The van der Waals surface area contributed by atoms with Gasteiger partial charge in [-0.15, -0.1) is 0 Å². The van der Waals surface area contributed by atoms with Gasteiger partial charge in [-0.25, -0.2) is 0 Å². The maximum atomic E-state index is 2.73. The lowest BCUT2D eigenvalue weighted by Gasteiger charge is -2.22. The van der Waals surface area contributed by atoms with Crippen LogP contribution in [0.2, 0.25) is 0 Å². The molecular weight excluding hydrogens is 240 g/mol. The van der Waals surface area contributed by atoms with Crippen LogP contribution in [0.25, 0.3) is 0 Å². The van der Waals surface area contributed by atoms with Crippen LogP contribution in [0, 0.1) is 18.3 Å². The summed E-state index contributed by atoms with van der Waals surface area (Å²) in [5, 5.41) is 0. The van der Waals surface area contributed by atoms with Crippen molar-refractivity contribution < 1.29 is 0 Å². The first-order valence-corrected chi connectivity index (χ1v) is 9.63. The first-order valence-electron chi connectivity index (χ1n) is 9.63. The molecule has 0 aliphatic carbocycles. The second-order valence-corrected chi connectivity index (χ2v) is 6.61. The Hall–Kier alpha value is 0. The third-order valence-electron chi connectivity index (χ3n) is 4.59. The lowest BCUT2D eigenvalue weighted by atomic mass is 9.84. The van der Waals surface area contributed by atoms with Crippen LogP contribution < -0.4 is 0 Å². The van der Waals surface area contributed by atoms with Gasteiger partial charge in [0.2, 0.25) is 0 Å². The van der Waals surface area contributed by atoms with E-state index < -0.39 is 0 Å². The highest BCUT2D eigenvalue weighted by Crippen LogP contribution is 2.27. The van der Waals surface area contributed by atoms with Crippen molar-refractivity contribution in [2.24, 2.45) is 11.8 Å². The van der Waals surface area contributed by atoms with E-state index in [1.807, 2.05) is 0 Å². The molecule has 0 bridgehead atoms. The average molecular weight is 282 g/mol. The molecule has 0 aliphatic rings. The second kappa shape index (κ2) is 15.4. The third kappa shape index (κ3) is 11.8. The van der Waals surface area contributed by atoms with E-state index in [-0.39, 0.29) is 0 Å². The molecule has 0 amide bonds. The van der Waals surface area contributed by atoms with Gasteiger partial charge in [0.05, 0.1) is 0 Å². The van der Waals surface area contributed by atoms with Crippen molar-refractivity contribution in [2.75, 3.05) is 0 Å². The maximum absolute atomic E-state index is 2.73. The van der Waals surface area contributed by atoms with Crippen molar-refractivity contribution in [2.45, 2.75) is 111 Å². The van der Waals surface area contributed by atoms with Crippen LogP contribution in [0.15, 0.2) is 0 Å². The van der Waals surface area contributed by atoms with Gasteiger partial charge >= 0.3 is 0 Å². The minimum atomic E-state index is 0.884. The van der Waals surface area contributed by atoms with Gasteiger partial charge in [-0.1, -0.05) is 111 Å². The molecule has 0 aromatic rings. The van der Waals surface area contributed by atoms with Crippen LogP contribution >= 0.6 is 0 Å². The lowest BCUT2D eigenvalue weighted by molar-refractivity contribution is 0.392. The molecule has 2 atom stereocenters. The van der Waals surface area contributed by atoms with Crippen molar-refractivity contribution >= 4 is 0 Å². The van der Waals surface area contributed by atoms with Gasteiger partial charge in [-0.05, 0) is 18.3 Å². The molecule has 0 aromatic heterocycles. The molecule has 0 heterocycles. The van der Waals surface area contributed by atoms with Crippen LogP contribution in [0.4, 0.5) is 0 Å². The molecule has 0 aliphatic heterocycles. The molecule has 121 valence electrons. The highest BCUT2D eigenvalue weighted by atomic mass is 14.2. The van der Waals surface area contributed by atoms with Gasteiger partial charge in [0.1, 0.15) is 0 Å². The largest absolute Gasteiger partial charge is 0.0654 e. The first-order chi connectivity index (χ1) is 9.78. The number of hydrogen-bond donors (Lipinski definition) is 0. The highest BCUT2D eigenvalue weighted by Gasteiger charge is 2.14. The molecule has 0 saturated carbocycles. The summed E-state index contributed by atoms with van der Waals surface area (Å²) in [6.45, 7) is 9.32. The summed E-state index contributed by atoms with van der Waals surface area (Å²) in [4.78, 5) is 0. The average Bonchev–Trinajstić information content (AvgIpc) is 2.47. The summed E-state index contributed by atoms with van der Waals surface area (Å²) < 4.78 is 0. The van der Waals surface area contributed by atoms with Gasteiger partial charge in [0, 0.05) is 0 Å². The fourth-order valence-electron chi connectivity index (χ4n) is 3.18. The van der Waals surface area contributed by atoms with Crippen LogP contribution in [0.3, 0.4) is 0 Å². The molecule has 0 rings (SSSR count). The quantitative estimate of drug-likeness (QED) is 0.271. The molecule has 1 radical (unpaired) electrons. The summed E-state index contributed by atoms with van der Waals surface area (Å²) in [5.41, 5.74) is 0. The molecular formula is C20H41. The van der Waals surface area contributed by atoms with E-state index in [1.165, 1.54) is 83.5 Å². The van der Waals surface area contributed by atoms with Crippen LogP contribution in [-0.4, -0.2) is 0 Å². The minimum absolute atomic E-state index is 0.884. The molecule has 0 aromatic carbocycles. The zero-order valence-electron chi connectivity index (χ0n) is 14.9. The molecule has 0 fully saturated rings. The zero-order valence-corrected chi connectivity index (χ0v) is 14.9. The highest BCUT2D eigenvalue weighted by molar-refractivity contribution is 4.83. The summed E-state index contributed by atoms with van der Waals surface area (Å²) in [6, 6.07) is 0. The summed E-state index contributed by atoms with van der Waals surface area (Å²) in [5.74, 6) is 1.78. The van der Waals surface area contributed by atoms with E-state index in [4.69, 9.17) is 0 Å². The van der Waals surface area contributed by atoms with Crippen molar-refractivity contribution in [3.8, 4) is 0 Å². The fraction of sp³-hybridized carbons (Fsp3) is 0.950. The molecule has 0 heteroatoms. The van der Waals surface area contributed by atoms with E-state index in [0.717, 1.165) is 11.8 Å². The Kier molecular flexibility index (Phi) is 15.4. The Morgan fingerprint density at radius 1 is 0.550 bits per heavy atom. The monoisotopic (exact) mass is 281 g/mol. The standard InChI is InChI=1S/C20H41/c1-5-9-11-12-13-14-17-19(8-4)18-20(15-7-3)16-10-6-2/h18-20H,5-17H2,1-4H3. The van der Waals surface area contributed by atoms with E-state index in [2.05, 4.69) is 34.1 Å². The molecule has 0 nitrogen and oxygen atoms in total. The molecule has 0 N–H and O–H groups in total. The fourth-order valence-corrected chi connectivity index (χ4v) is 3.18. The molecule has 2 unspecified atom stereocenters. The summed E-state index contributed by atoms with van der Waals surface area (Å²) in [6.07, 6.45) is 21.1. The van der Waals surface area contributed by atoms with E-state index in [9.17, 15) is 0 Å². The zero-order chi connectivity index (χ0) is 15.1. The van der Waals surface area contributed by atoms with Crippen molar-refractivity contribution in [1.82, 2.24) is 0 Å². The Balaban J connectivity index is 3.79.